The second-order valence-corrected chi connectivity index (χ2v) is 9.10. The number of fused-ring (bicyclic) bond motifs is 2. The van der Waals surface area contributed by atoms with E-state index in [1.807, 2.05) is 48.7 Å². The van der Waals surface area contributed by atoms with E-state index in [1.165, 1.54) is 0 Å². The first-order valence-electron chi connectivity index (χ1n) is 9.76. The van der Waals surface area contributed by atoms with Gasteiger partial charge in [0.05, 0.1) is 24.2 Å². The molecule has 5 rings (SSSR count). The van der Waals surface area contributed by atoms with Gasteiger partial charge in [-0.3, -0.25) is 0 Å². The van der Waals surface area contributed by atoms with Gasteiger partial charge in [-0.1, -0.05) is 30.3 Å². The SMILES string of the molecule is O=S(=O)(c1ccc2c(c1)OCCCO2)N1CCn2cccc2[C@H]1c1ccccc1. The molecule has 0 aliphatic carbocycles. The Labute approximate surface area is 170 Å². The Kier molecular flexibility index (Phi) is 4.56. The third kappa shape index (κ3) is 3.20. The lowest BCUT2D eigenvalue weighted by Crippen LogP contribution is -2.42. The summed E-state index contributed by atoms with van der Waals surface area (Å²) in [4.78, 5) is 0.225. The van der Waals surface area contributed by atoms with Gasteiger partial charge in [0, 0.05) is 37.5 Å². The summed E-state index contributed by atoms with van der Waals surface area (Å²) in [5, 5.41) is 0. The molecule has 3 heterocycles. The zero-order valence-corrected chi connectivity index (χ0v) is 16.7. The van der Waals surface area contributed by atoms with Crippen molar-refractivity contribution in [2.24, 2.45) is 0 Å². The number of nitrogens with zero attached hydrogens (tertiary/aromatic N) is 2. The predicted octanol–water partition coefficient (Wildman–Crippen LogP) is 3.44. The van der Waals surface area contributed by atoms with Crippen LogP contribution in [0.15, 0.2) is 71.8 Å². The van der Waals surface area contributed by atoms with Gasteiger partial charge in [0.1, 0.15) is 0 Å². The highest BCUT2D eigenvalue weighted by molar-refractivity contribution is 7.89. The molecule has 1 atom stereocenters. The molecule has 0 bridgehead atoms. The van der Waals surface area contributed by atoms with Gasteiger partial charge >= 0.3 is 0 Å². The van der Waals surface area contributed by atoms with E-state index in [0.717, 1.165) is 17.7 Å². The second-order valence-electron chi connectivity index (χ2n) is 7.21. The van der Waals surface area contributed by atoms with Gasteiger partial charge in [-0.25, -0.2) is 8.42 Å². The van der Waals surface area contributed by atoms with Gasteiger partial charge in [-0.05, 0) is 29.8 Å². The van der Waals surface area contributed by atoms with E-state index in [1.54, 1.807) is 22.5 Å². The lowest BCUT2D eigenvalue weighted by atomic mass is 10.0. The molecule has 0 saturated heterocycles. The second kappa shape index (κ2) is 7.24. The first-order valence-corrected chi connectivity index (χ1v) is 11.2. The van der Waals surface area contributed by atoms with Crippen molar-refractivity contribution in [1.82, 2.24) is 8.87 Å². The fraction of sp³-hybridized carbons (Fsp3) is 0.273. The minimum absolute atomic E-state index is 0.225. The number of ether oxygens (including phenoxy) is 2. The molecule has 1 aromatic heterocycles. The van der Waals surface area contributed by atoms with E-state index in [2.05, 4.69) is 4.57 Å². The summed E-state index contributed by atoms with van der Waals surface area (Å²) < 4.78 is 42.5. The number of rotatable bonds is 3. The molecule has 0 spiro atoms. The molecule has 7 heteroatoms. The van der Waals surface area contributed by atoms with Crippen LogP contribution in [0.1, 0.15) is 23.7 Å². The maximum Gasteiger partial charge on any atom is 0.244 e. The van der Waals surface area contributed by atoms with Crippen molar-refractivity contribution >= 4 is 10.0 Å². The summed E-state index contributed by atoms with van der Waals surface area (Å²) in [5.74, 6) is 1.08. The minimum atomic E-state index is -3.74. The topological polar surface area (TPSA) is 60.8 Å². The van der Waals surface area contributed by atoms with E-state index < -0.39 is 10.0 Å². The highest BCUT2D eigenvalue weighted by Crippen LogP contribution is 2.38. The number of hydrogen-bond donors (Lipinski definition) is 0. The molecule has 6 nitrogen and oxygen atoms in total. The van der Waals surface area contributed by atoms with Gasteiger partial charge in [-0.15, -0.1) is 0 Å². The maximum atomic E-state index is 13.7. The monoisotopic (exact) mass is 410 g/mol. The summed E-state index contributed by atoms with van der Waals surface area (Å²) >= 11 is 0. The van der Waals surface area contributed by atoms with Crippen LogP contribution in [-0.2, 0) is 16.6 Å². The van der Waals surface area contributed by atoms with Gasteiger partial charge in [-0.2, -0.15) is 4.31 Å². The highest BCUT2D eigenvalue weighted by atomic mass is 32.2. The van der Waals surface area contributed by atoms with Crippen LogP contribution >= 0.6 is 0 Å². The Morgan fingerprint density at radius 1 is 0.862 bits per heavy atom. The molecule has 0 N–H and O–H groups in total. The van der Waals surface area contributed by atoms with Crippen LogP contribution in [-0.4, -0.2) is 37.0 Å². The van der Waals surface area contributed by atoms with Crippen LogP contribution in [0.25, 0.3) is 0 Å². The average molecular weight is 410 g/mol. The van der Waals surface area contributed by atoms with Crippen LogP contribution in [0.2, 0.25) is 0 Å². The van der Waals surface area contributed by atoms with Crippen molar-refractivity contribution in [1.29, 1.82) is 0 Å². The van der Waals surface area contributed by atoms with Gasteiger partial charge in [0.2, 0.25) is 10.0 Å². The van der Waals surface area contributed by atoms with E-state index in [0.29, 0.717) is 37.8 Å². The molecular formula is C22H22N2O4S. The molecule has 29 heavy (non-hydrogen) atoms. The first kappa shape index (κ1) is 18.3. The van der Waals surface area contributed by atoms with Crippen molar-refractivity contribution in [3.63, 3.8) is 0 Å². The first-order chi connectivity index (χ1) is 14.1. The van der Waals surface area contributed by atoms with E-state index in [9.17, 15) is 8.42 Å². The Morgan fingerprint density at radius 2 is 1.66 bits per heavy atom. The van der Waals surface area contributed by atoms with Crippen LogP contribution in [0.3, 0.4) is 0 Å². The quantitative estimate of drug-likeness (QED) is 0.664. The molecule has 150 valence electrons. The summed E-state index contributed by atoms with van der Waals surface area (Å²) in [6.07, 6.45) is 2.78. The van der Waals surface area contributed by atoms with Gasteiger partial charge < -0.3 is 14.0 Å². The minimum Gasteiger partial charge on any atom is -0.490 e. The zero-order chi connectivity index (χ0) is 19.8. The fourth-order valence-electron chi connectivity index (χ4n) is 4.03. The predicted molar refractivity (Wildman–Crippen MR) is 109 cm³/mol. The molecule has 2 aliphatic rings. The van der Waals surface area contributed by atoms with Gasteiger partial charge in [0.15, 0.2) is 11.5 Å². The molecule has 2 aliphatic heterocycles. The number of aromatic nitrogens is 1. The molecule has 0 amide bonds. The van der Waals surface area contributed by atoms with Crippen molar-refractivity contribution in [2.45, 2.75) is 23.9 Å². The van der Waals surface area contributed by atoms with Crippen molar-refractivity contribution in [3.05, 3.63) is 78.1 Å². The summed E-state index contributed by atoms with van der Waals surface area (Å²) in [5.41, 5.74) is 1.92. The Balaban J connectivity index is 1.59. The van der Waals surface area contributed by atoms with E-state index in [4.69, 9.17) is 9.47 Å². The van der Waals surface area contributed by atoms with Gasteiger partial charge in [0.25, 0.3) is 0 Å². The lowest BCUT2D eigenvalue weighted by Gasteiger charge is -2.36. The van der Waals surface area contributed by atoms with Crippen molar-refractivity contribution < 1.29 is 17.9 Å². The summed E-state index contributed by atoms with van der Waals surface area (Å²) in [7, 11) is -3.74. The van der Waals surface area contributed by atoms with Crippen LogP contribution < -0.4 is 9.47 Å². The zero-order valence-electron chi connectivity index (χ0n) is 15.9. The normalized spacial score (nSPS) is 19.4. The number of sulfonamides is 1. The number of hydrogen-bond acceptors (Lipinski definition) is 4. The largest absolute Gasteiger partial charge is 0.490 e. The van der Waals surface area contributed by atoms with E-state index >= 15 is 0 Å². The molecule has 0 unspecified atom stereocenters. The third-order valence-corrected chi connectivity index (χ3v) is 7.30. The Hall–Kier alpha value is -2.77. The molecule has 2 aromatic carbocycles. The van der Waals surface area contributed by atoms with Crippen LogP contribution in [0.5, 0.6) is 11.5 Å². The van der Waals surface area contributed by atoms with Crippen LogP contribution in [0, 0.1) is 0 Å². The standard InChI is InChI=1S/C22H22N2O4S/c25-29(26,18-9-10-20-21(16-18)28-15-5-14-27-20)24-13-12-23-11-4-8-19(23)22(24)17-6-2-1-3-7-17/h1-4,6-11,16,22H,5,12-15H2/t22-/m1/s1. The maximum absolute atomic E-state index is 13.7. The molecule has 3 aromatic rings. The van der Waals surface area contributed by atoms with E-state index in [-0.39, 0.29) is 10.9 Å². The number of benzene rings is 2. The van der Waals surface area contributed by atoms with Crippen LogP contribution in [0.4, 0.5) is 0 Å². The smallest absolute Gasteiger partial charge is 0.244 e. The molecule has 0 saturated carbocycles. The lowest BCUT2D eigenvalue weighted by molar-refractivity contribution is 0.295. The third-order valence-electron chi connectivity index (χ3n) is 5.43. The molecule has 0 fully saturated rings. The van der Waals surface area contributed by atoms with Crippen molar-refractivity contribution in [3.8, 4) is 11.5 Å². The van der Waals surface area contributed by atoms with Crippen molar-refractivity contribution in [2.75, 3.05) is 19.8 Å². The average Bonchev–Trinajstić information content (AvgIpc) is 3.10. The molecule has 0 radical (unpaired) electrons. The summed E-state index contributed by atoms with van der Waals surface area (Å²) in [6, 6.07) is 18.2. The molecular weight excluding hydrogens is 388 g/mol. The Morgan fingerprint density at radius 3 is 2.48 bits per heavy atom. The Bertz CT molecular complexity index is 1120. The fourth-order valence-corrected chi connectivity index (χ4v) is 5.63. The summed E-state index contributed by atoms with van der Waals surface area (Å²) in [6.45, 7) is 2.10. The highest BCUT2D eigenvalue weighted by Gasteiger charge is 2.38.